The summed E-state index contributed by atoms with van der Waals surface area (Å²) in [5, 5.41) is 3.27. The zero-order valence-corrected chi connectivity index (χ0v) is 10.0. The Labute approximate surface area is 93.0 Å². The first-order valence-corrected chi connectivity index (χ1v) is 5.35. The van der Waals surface area contributed by atoms with Crippen LogP contribution in [0.3, 0.4) is 0 Å². The van der Waals surface area contributed by atoms with Crippen LogP contribution in [0.25, 0.3) is 0 Å². The van der Waals surface area contributed by atoms with Gasteiger partial charge in [-0.05, 0) is 35.0 Å². The van der Waals surface area contributed by atoms with Crippen LogP contribution in [-0.2, 0) is 11.3 Å². The van der Waals surface area contributed by atoms with E-state index in [1.807, 2.05) is 19.1 Å². The van der Waals surface area contributed by atoms with Crippen LogP contribution in [-0.4, -0.2) is 24.7 Å². The molecule has 0 bridgehead atoms. The number of rotatable bonds is 5. The molecule has 0 aromatic carbocycles. The Balaban J connectivity index is 2.28. The van der Waals surface area contributed by atoms with Gasteiger partial charge in [-0.15, -0.1) is 0 Å². The molecule has 0 aliphatic carbocycles. The molecule has 1 aromatic rings. The molecule has 1 heterocycles. The molecule has 4 heteroatoms. The summed E-state index contributed by atoms with van der Waals surface area (Å²) in [5.74, 6) is 0. The van der Waals surface area contributed by atoms with E-state index in [9.17, 15) is 0 Å². The van der Waals surface area contributed by atoms with E-state index >= 15 is 0 Å². The van der Waals surface area contributed by atoms with Gasteiger partial charge >= 0.3 is 0 Å². The maximum atomic E-state index is 5.12. The first-order valence-electron chi connectivity index (χ1n) is 4.56. The standard InChI is InChI=1S/C10H15BrN2O/c1-8(14-2)5-12-7-10-4-3-9(11)6-13-10/h3-4,6,8,12H,5,7H2,1-2H3. The molecular formula is C10H15BrN2O. The second-order valence-corrected chi connectivity index (χ2v) is 4.06. The Bertz CT molecular complexity index is 263. The molecule has 1 aromatic heterocycles. The number of pyridine rings is 1. The average molecular weight is 259 g/mol. The maximum absolute atomic E-state index is 5.12. The number of aromatic nitrogens is 1. The van der Waals surface area contributed by atoms with Crippen molar-refractivity contribution in [2.45, 2.75) is 19.6 Å². The maximum Gasteiger partial charge on any atom is 0.0667 e. The van der Waals surface area contributed by atoms with Crippen LogP contribution in [0.1, 0.15) is 12.6 Å². The second-order valence-electron chi connectivity index (χ2n) is 3.14. The van der Waals surface area contributed by atoms with E-state index in [0.717, 1.165) is 23.3 Å². The topological polar surface area (TPSA) is 34.1 Å². The van der Waals surface area contributed by atoms with Gasteiger partial charge in [0.1, 0.15) is 0 Å². The van der Waals surface area contributed by atoms with Crippen LogP contribution in [0.15, 0.2) is 22.8 Å². The number of nitrogens with zero attached hydrogens (tertiary/aromatic N) is 1. The summed E-state index contributed by atoms with van der Waals surface area (Å²) in [6, 6.07) is 3.98. The van der Waals surface area contributed by atoms with Crippen molar-refractivity contribution in [3.05, 3.63) is 28.5 Å². The molecule has 0 fully saturated rings. The summed E-state index contributed by atoms with van der Waals surface area (Å²) < 4.78 is 6.12. The third-order valence-electron chi connectivity index (χ3n) is 1.93. The molecular weight excluding hydrogens is 244 g/mol. The van der Waals surface area contributed by atoms with Crippen LogP contribution in [0.5, 0.6) is 0 Å². The van der Waals surface area contributed by atoms with Crippen molar-refractivity contribution in [3.63, 3.8) is 0 Å². The van der Waals surface area contributed by atoms with Gasteiger partial charge in [-0.2, -0.15) is 0 Å². The molecule has 0 spiro atoms. The predicted molar refractivity (Wildman–Crippen MR) is 60.1 cm³/mol. The van der Waals surface area contributed by atoms with E-state index in [1.165, 1.54) is 0 Å². The molecule has 3 nitrogen and oxygen atoms in total. The fourth-order valence-electron chi connectivity index (χ4n) is 0.998. The second kappa shape index (κ2) is 6.11. The zero-order valence-electron chi connectivity index (χ0n) is 8.46. The fraction of sp³-hybridized carbons (Fsp3) is 0.500. The van der Waals surface area contributed by atoms with Crippen molar-refractivity contribution in [1.29, 1.82) is 0 Å². The molecule has 0 saturated heterocycles. The number of methoxy groups -OCH3 is 1. The number of halogens is 1. The van der Waals surface area contributed by atoms with Crippen LogP contribution < -0.4 is 5.32 Å². The van der Waals surface area contributed by atoms with E-state index in [-0.39, 0.29) is 6.10 Å². The molecule has 0 aliphatic heterocycles. The van der Waals surface area contributed by atoms with Crippen molar-refractivity contribution >= 4 is 15.9 Å². The van der Waals surface area contributed by atoms with Crippen molar-refractivity contribution in [2.24, 2.45) is 0 Å². The lowest BCUT2D eigenvalue weighted by atomic mass is 10.3. The third kappa shape index (κ3) is 4.17. The van der Waals surface area contributed by atoms with Crippen molar-refractivity contribution in [2.75, 3.05) is 13.7 Å². The first kappa shape index (κ1) is 11.6. The van der Waals surface area contributed by atoms with Crippen molar-refractivity contribution in [3.8, 4) is 0 Å². The quantitative estimate of drug-likeness (QED) is 0.877. The van der Waals surface area contributed by atoms with Crippen molar-refractivity contribution < 1.29 is 4.74 Å². The molecule has 1 atom stereocenters. The lowest BCUT2D eigenvalue weighted by Crippen LogP contribution is -2.25. The van der Waals surface area contributed by atoms with E-state index in [4.69, 9.17) is 4.74 Å². The SMILES string of the molecule is COC(C)CNCc1ccc(Br)cn1. The Kier molecular flexibility index (Phi) is 5.07. The Morgan fingerprint density at radius 1 is 1.57 bits per heavy atom. The Hall–Kier alpha value is -0.450. The van der Waals surface area contributed by atoms with Gasteiger partial charge in [0.2, 0.25) is 0 Å². The molecule has 1 unspecified atom stereocenters. The zero-order chi connectivity index (χ0) is 10.4. The molecule has 1 N–H and O–H groups in total. The minimum Gasteiger partial charge on any atom is -0.380 e. The Morgan fingerprint density at radius 3 is 2.93 bits per heavy atom. The molecule has 0 aliphatic rings. The van der Waals surface area contributed by atoms with Gasteiger partial charge in [0.05, 0.1) is 11.8 Å². The summed E-state index contributed by atoms with van der Waals surface area (Å²) in [7, 11) is 1.71. The number of ether oxygens (including phenoxy) is 1. The van der Waals surface area contributed by atoms with Crippen molar-refractivity contribution in [1.82, 2.24) is 10.3 Å². The smallest absolute Gasteiger partial charge is 0.0667 e. The summed E-state index contributed by atoms with van der Waals surface area (Å²) in [6.45, 7) is 3.65. The minimum absolute atomic E-state index is 0.241. The van der Waals surface area contributed by atoms with E-state index < -0.39 is 0 Å². The van der Waals surface area contributed by atoms with E-state index in [1.54, 1.807) is 13.3 Å². The van der Waals surface area contributed by atoms with Gasteiger partial charge in [0.15, 0.2) is 0 Å². The fourth-order valence-corrected chi connectivity index (χ4v) is 1.23. The molecule has 14 heavy (non-hydrogen) atoms. The van der Waals surface area contributed by atoms with E-state index in [2.05, 4.69) is 26.2 Å². The highest BCUT2D eigenvalue weighted by atomic mass is 79.9. The average Bonchev–Trinajstić information content (AvgIpc) is 2.21. The summed E-state index contributed by atoms with van der Waals surface area (Å²) in [4.78, 5) is 4.25. The largest absolute Gasteiger partial charge is 0.380 e. The lowest BCUT2D eigenvalue weighted by Gasteiger charge is -2.10. The number of nitrogens with one attached hydrogen (secondary N) is 1. The van der Waals surface area contributed by atoms with Gasteiger partial charge in [0.25, 0.3) is 0 Å². The number of hydrogen-bond donors (Lipinski definition) is 1. The number of hydrogen-bond acceptors (Lipinski definition) is 3. The highest BCUT2D eigenvalue weighted by molar-refractivity contribution is 9.10. The highest BCUT2D eigenvalue weighted by Gasteiger charge is 1.98. The molecule has 78 valence electrons. The molecule has 0 amide bonds. The third-order valence-corrected chi connectivity index (χ3v) is 2.40. The summed E-state index contributed by atoms with van der Waals surface area (Å²) in [6.07, 6.45) is 2.04. The molecule has 0 radical (unpaired) electrons. The Morgan fingerprint density at radius 2 is 2.36 bits per heavy atom. The normalized spacial score (nSPS) is 12.8. The van der Waals surface area contributed by atoms with Gasteiger partial charge in [-0.25, -0.2) is 0 Å². The summed E-state index contributed by atoms with van der Waals surface area (Å²) >= 11 is 3.35. The monoisotopic (exact) mass is 258 g/mol. The molecule has 1 rings (SSSR count). The highest BCUT2D eigenvalue weighted by Crippen LogP contribution is 2.06. The minimum atomic E-state index is 0.241. The lowest BCUT2D eigenvalue weighted by molar-refractivity contribution is 0.117. The first-order chi connectivity index (χ1) is 6.72. The van der Waals surface area contributed by atoms with Crippen LogP contribution >= 0.6 is 15.9 Å². The van der Waals surface area contributed by atoms with Gasteiger partial charge in [-0.3, -0.25) is 4.98 Å². The van der Waals surface area contributed by atoms with Crippen LogP contribution in [0.4, 0.5) is 0 Å². The van der Waals surface area contributed by atoms with Gasteiger partial charge < -0.3 is 10.1 Å². The van der Waals surface area contributed by atoms with Gasteiger partial charge in [-0.1, -0.05) is 0 Å². The van der Waals surface area contributed by atoms with Crippen LogP contribution in [0, 0.1) is 0 Å². The van der Waals surface area contributed by atoms with Crippen LogP contribution in [0.2, 0.25) is 0 Å². The summed E-state index contributed by atoms with van der Waals surface area (Å²) in [5.41, 5.74) is 1.04. The molecule has 0 saturated carbocycles. The van der Waals surface area contributed by atoms with Gasteiger partial charge in [0, 0.05) is 30.9 Å². The predicted octanol–water partition coefficient (Wildman–Crippen LogP) is 1.97. The van der Waals surface area contributed by atoms with E-state index in [0.29, 0.717) is 0 Å².